The summed E-state index contributed by atoms with van der Waals surface area (Å²) in [7, 11) is 0. The standard InChI is InChI=1S/C15H24N2O/c1-11(2)13-5-3-12(4-6-13)7-16-8-14-9-17-10-15(14)18/h3-6,11,14-18H,7-10H2,1-2H3. The minimum Gasteiger partial charge on any atom is -0.391 e. The third-order valence-corrected chi connectivity index (χ3v) is 3.69. The molecule has 2 unspecified atom stereocenters. The maximum absolute atomic E-state index is 9.68. The van der Waals surface area contributed by atoms with E-state index in [1.807, 2.05) is 0 Å². The van der Waals surface area contributed by atoms with Crippen molar-refractivity contribution < 1.29 is 5.11 Å². The Bertz CT molecular complexity index is 361. The molecule has 3 heteroatoms. The first-order valence-electron chi connectivity index (χ1n) is 6.85. The van der Waals surface area contributed by atoms with Crippen LogP contribution in [-0.2, 0) is 6.54 Å². The molecule has 1 aromatic carbocycles. The van der Waals surface area contributed by atoms with Gasteiger partial charge in [-0.3, -0.25) is 0 Å². The Morgan fingerprint density at radius 3 is 2.56 bits per heavy atom. The van der Waals surface area contributed by atoms with E-state index >= 15 is 0 Å². The summed E-state index contributed by atoms with van der Waals surface area (Å²) in [6, 6.07) is 8.78. The highest BCUT2D eigenvalue weighted by atomic mass is 16.3. The Labute approximate surface area is 110 Å². The molecular formula is C15H24N2O. The fourth-order valence-electron chi connectivity index (χ4n) is 2.35. The van der Waals surface area contributed by atoms with Crippen LogP contribution >= 0.6 is 0 Å². The number of benzene rings is 1. The minimum absolute atomic E-state index is 0.194. The predicted octanol–water partition coefficient (Wildman–Crippen LogP) is 1.48. The van der Waals surface area contributed by atoms with Crippen LogP contribution in [0.5, 0.6) is 0 Å². The average molecular weight is 248 g/mol. The van der Waals surface area contributed by atoms with Crippen LogP contribution in [0.2, 0.25) is 0 Å². The van der Waals surface area contributed by atoms with E-state index in [1.54, 1.807) is 0 Å². The van der Waals surface area contributed by atoms with Crippen molar-refractivity contribution in [2.75, 3.05) is 19.6 Å². The van der Waals surface area contributed by atoms with Gasteiger partial charge in [-0.15, -0.1) is 0 Å². The maximum Gasteiger partial charge on any atom is 0.0716 e. The fraction of sp³-hybridized carbons (Fsp3) is 0.600. The first-order valence-corrected chi connectivity index (χ1v) is 6.85. The molecule has 2 rings (SSSR count). The first-order chi connectivity index (χ1) is 8.66. The first kappa shape index (κ1) is 13.5. The van der Waals surface area contributed by atoms with Gasteiger partial charge in [-0.2, -0.15) is 0 Å². The lowest BCUT2D eigenvalue weighted by atomic mass is 10.0. The summed E-state index contributed by atoms with van der Waals surface area (Å²) in [5.41, 5.74) is 2.69. The lowest BCUT2D eigenvalue weighted by Gasteiger charge is -2.14. The fourth-order valence-corrected chi connectivity index (χ4v) is 2.35. The molecule has 0 radical (unpaired) electrons. The zero-order valence-corrected chi connectivity index (χ0v) is 11.3. The van der Waals surface area contributed by atoms with Crippen molar-refractivity contribution in [2.24, 2.45) is 5.92 Å². The van der Waals surface area contributed by atoms with Crippen LogP contribution in [0, 0.1) is 5.92 Å². The normalized spacial score (nSPS) is 23.8. The van der Waals surface area contributed by atoms with Crippen LogP contribution in [0.15, 0.2) is 24.3 Å². The molecule has 1 aromatic rings. The quantitative estimate of drug-likeness (QED) is 0.739. The van der Waals surface area contributed by atoms with Gasteiger partial charge in [0.15, 0.2) is 0 Å². The number of hydrogen-bond acceptors (Lipinski definition) is 3. The summed E-state index contributed by atoms with van der Waals surface area (Å²) in [6.07, 6.45) is -0.194. The van der Waals surface area contributed by atoms with Crippen molar-refractivity contribution >= 4 is 0 Å². The van der Waals surface area contributed by atoms with Crippen molar-refractivity contribution in [3.8, 4) is 0 Å². The van der Waals surface area contributed by atoms with Gasteiger partial charge < -0.3 is 15.7 Å². The van der Waals surface area contributed by atoms with Gasteiger partial charge in [-0.25, -0.2) is 0 Å². The van der Waals surface area contributed by atoms with Gasteiger partial charge in [-0.05, 0) is 17.0 Å². The molecule has 1 fully saturated rings. The van der Waals surface area contributed by atoms with Crippen LogP contribution in [0.25, 0.3) is 0 Å². The molecule has 1 heterocycles. The smallest absolute Gasteiger partial charge is 0.0716 e. The number of aliphatic hydroxyl groups is 1. The Morgan fingerprint density at radius 1 is 1.28 bits per heavy atom. The second kappa shape index (κ2) is 6.32. The molecule has 100 valence electrons. The van der Waals surface area contributed by atoms with E-state index in [0.29, 0.717) is 11.8 Å². The van der Waals surface area contributed by atoms with Crippen molar-refractivity contribution in [3.05, 3.63) is 35.4 Å². The van der Waals surface area contributed by atoms with Gasteiger partial charge in [0.05, 0.1) is 6.10 Å². The van der Waals surface area contributed by atoms with Crippen LogP contribution in [0.1, 0.15) is 30.9 Å². The van der Waals surface area contributed by atoms with Gasteiger partial charge in [0.1, 0.15) is 0 Å². The second-order valence-corrected chi connectivity index (χ2v) is 5.51. The van der Waals surface area contributed by atoms with Crippen LogP contribution in [-0.4, -0.2) is 30.8 Å². The molecule has 1 saturated heterocycles. The topological polar surface area (TPSA) is 44.3 Å². The number of β-amino-alcohol motifs (C(OH)–C–C–N with tert-alkyl or cyclic N) is 1. The van der Waals surface area contributed by atoms with Crippen molar-refractivity contribution in [2.45, 2.75) is 32.4 Å². The summed E-state index contributed by atoms with van der Waals surface area (Å²) in [6.45, 7) is 7.82. The zero-order valence-electron chi connectivity index (χ0n) is 11.3. The maximum atomic E-state index is 9.68. The van der Waals surface area contributed by atoms with E-state index < -0.39 is 0 Å². The number of hydrogen-bond donors (Lipinski definition) is 3. The van der Waals surface area contributed by atoms with E-state index in [9.17, 15) is 5.11 Å². The molecule has 1 aliphatic heterocycles. The average Bonchev–Trinajstić information content (AvgIpc) is 2.76. The molecule has 18 heavy (non-hydrogen) atoms. The minimum atomic E-state index is -0.194. The lowest BCUT2D eigenvalue weighted by molar-refractivity contribution is 0.146. The van der Waals surface area contributed by atoms with Crippen LogP contribution in [0.3, 0.4) is 0 Å². The number of nitrogens with one attached hydrogen (secondary N) is 2. The van der Waals surface area contributed by atoms with Crippen LogP contribution < -0.4 is 10.6 Å². The summed E-state index contributed by atoms with van der Waals surface area (Å²) >= 11 is 0. The summed E-state index contributed by atoms with van der Waals surface area (Å²) in [4.78, 5) is 0. The predicted molar refractivity (Wildman–Crippen MR) is 74.6 cm³/mol. The molecule has 1 aliphatic rings. The summed E-state index contributed by atoms with van der Waals surface area (Å²) in [5.74, 6) is 0.937. The molecule has 2 atom stereocenters. The van der Waals surface area contributed by atoms with Gasteiger partial charge in [0.2, 0.25) is 0 Å². The molecule has 0 amide bonds. The van der Waals surface area contributed by atoms with Crippen molar-refractivity contribution in [3.63, 3.8) is 0 Å². The highest BCUT2D eigenvalue weighted by Gasteiger charge is 2.23. The van der Waals surface area contributed by atoms with Crippen LogP contribution in [0.4, 0.5) is 0 Å². The monoisotopic (exact) mass is 248 g/mol. The molecule has 3 N–H and O–H groups in total. The highest BCUT2D eigenvalue weighted by molar-refractivity contribution is 5.24. The SMILES string of the molecule is CC(C)c1ccc(CNCC2CNCC2O)cc1. The summed E-state index contributed by atoms with van der Waals surface area (Å²) < 4.78 is 0. The zero-order chi connectivity index (χ0) is 13.0. The molecule has 0 aromatic heterocycles. The van der Waals surface area contributed by atoms with Crippen molar-refractivity contribution in [1.82, 2.24) is 10.6 Å². The van der Waals surface area contributed by atoms with E-state index in [0.717, 1.165) is 26.2 Å². The molecule has 0 bridgehead atoms. The van der Waals surface area contributed by atoms with Gasteiger partial charge in [-0.1, -0.05) is 38.1 Å². The Balaban J connectivity index is 1.76. The summed E-state index contributed by atoms with van der Waals surface area (Å²) in [5, 5.41) is 16.3. The number of aliphatic hydroxyl groups excluding tert-OH is 1. The molecule has 0 spiro atoms. The van der Waals surface area contributed by atoms with Gasteiger partial charge in [0, 0.05) is 32.1 Å². The van der Waals surface area contributed by atoms with Crippen molar-refractivity contribution in [1.29, 1.82) is 0 Å². The molecular weight excluding hydrogens is 224 g/mol. The molecule has 3 nitrogen and oxygen atoms in total. The molecule has 0 aliphatic carbocycles. The third kappa shape index (κ3) is 3.55. The van der Waals surface area contributed by atoms with E-state index in [2.05, 4.69) is 48.7 Å². The highest BCUT2D eigenvalue weighted by Crippen LogP contribution is 2.14. The second-order valence-electron chi connectivity index (χ2n) is 5.51. The van der Waals surface area contributed by atoms with E-state index in [-0.39, 0.29) is 6.10 Å². The Hall–Kier alpha value is -0.900. The Kier molecular flexibility index (Phi) is 4.75. The third-order valence-electron chi connectivity index (χ3n) is 3.69. The molecule has 0 saturated carbocycles. The van der Waals surface area contributed by atoms with Gasteiger partial charge >= 0.3 is 0 Å². The lowest BCUT2D eigenvalue weighted by Crippen LogP contribution is -2.30. The largest absolute Gasteiger partial charge is 0.391 e. The van der Waals surface area contributed by atoms with E-state index in [4.69, 9.17) is 0 Å². The van der Waals surface area contributed by atoms with E-state index in [1.165, 1.54) is 11.1 Å². The Morgan fingerprint density at radius 2 is 2.00 bits per heavy atom. The van der Waals surface area contributed by atoms with Gasteiger partial charge in [0.25, 0.3) is 0 Å². The number of rotatable bonds is 5.